The summed E-state index contributed by atoms with van der Waals surface area (Å²) in [6, 6.07) is 3.06. The van der Waals surface area contributed by atoms with Gasteiger partial charge in [-0.1, -0.05) is 6.42 Å². The van der Waals surface area contributed by atoms with Gasteiger partial charge < -0.3 is 5.73 Å². The smallest absolute Gasteiger partial charge is 0.195 e. The minimum atomic E-state index is -0.0982. The van der Waals surface area contributed by atoms with Crippen LogP contribution in [0.15, 0.2) is 23.5 Å². The lowest BCUT2D eigenvalue weighted by Gasteiger charge is -2.22. The molecular weight excluding hydrogens is 256 g/mol. The molecule has 0 amide bonds. The van der Waals surface area contributed by atoms with E-state index in [1.807, 2.05) is 0 Å². The molecule has 20 heavy (non-hydrogen) atoms. The van der Waals surface area contributed by atoms with Gasteiger partial charge in [-0.25, -0.2) is 0 Å². The van der Waals surface area contributed by atoms with E-state index in [2.05, 4.69) is 15.1 Å². The maximum absolute atomic E-state index is 12.2. The number of likely N-dealkylation sites (tertiary alicyclic amines) is 1. The Labute approximate surface area is 117 Å². The highest BCUT2D eigenvalue weighted by Crippen LogP contribution is 2.39. The number of carbonyl (C=O) groups is 1. The van der Waals surface area contributed by atoms with Crippen LogP contribution in [0.3, 0.4) is 0 Å². The largest absolute Gasteiger partial charge is 0.324 e. The highest BCUT2D eigenvalue weighted by Gasteiger charge is 2.46. The predicted octanol–water partition coefficient (Wildman–Crippen LogP) is 1.48. The van der Waals surface area contributed by atoms with Gasteiger partial charge in [-0.3, -0.25) is 14.7 Å². The highest BCUT2D eigenvalue weighted by atomic mass is 16.3. The first-order chi connectivity index (χ1) is 9.60. The van der Waals surface area contributed by atoms with Crippen LogP contribution in [0.4, 0.5) is 5.69 Å². The molecule has 2 atom stereocenters. The minimum absolute atomic E-state index is 0.0361. The van der Waals surface area contributed by atoms with Crippen LogP contribution in [-0.4, -0.2) is 40.8 Å². The summed E-state index contributed by atoms with van der Waals surface area (Å²) in [5, 5.41) is 2.77. The van der Waals surface area contributed by atoms with Crippen molar-refractivity contribution in [2.75, 3.05) is 19.6 Å². The number of Topliss-reactive ketones (excluding diaryl/α,β-unsaturated/α-hetero) is 1. The van der Waals surface area contributed by atoms with Gasteiger partial charge in [0.05, 0.1) is 12.7 Å². The van der Waals surface area contributed by atoms with Crippen LogP contribution >= 0.6 is 0 Å². The Morgan fingerprint density at radius 3 is 3.05 bits per heavy atom. The number of rotatable bonds is 4. The standard InChI is InChI=1S/C14H18N4O2/c15-14-5-1-2-10(14)7-18(9-14)8-13(19)12-4-3-11(17-20)6-16-12/h3-4,6,10H,1-2,5,7-9,15H2/t10-,14-/m0/s1. The lowest BCUT2D eigenvalue weighted by atomic mass is 9.92. The maximum Gasteiger partial charge on any atom is 0.195 e. The fourth-order valence-corrected chi connectivity index (χ4v) is 3.45. The van der Waals surface area contributed by atoms with Crippen LogP contribution in [0.25, 0.3) is 0 Å². The Morgan fingerprint density at radius 2 is 2.40 bits per heavy atom. The van der Waals surface area contributed by atoms with E-state index in [4.69, 9.17) is 5.73 Å². The third-order valence-corrected chi connectivity index (χ3v) is 4.51. The summed E-state index contributed by atoms with van der Waals surface area (Å²) in [5.41, 5.74) is 6.90. The molecule has 2 aliphatic rings. The van der Waals surface area contributed by atoms with Crippen LogP contribution < -0.4 is 5.73 Å². The molecule has 6 nitrogen and oxygen atoms in total. The lowest BCUT2D eigenvalue weighted by Crippen LogP contribution is -2.44. The summed E-state index contributed by atoms with van der Waals surface area (Å²) in [4.78, 5) is 28.6. The lowest BCUT2D eigenvalue weighted by molar-refractivity contribution is 0.0935. The van der Waals surface area contributed by atoms with Gasteiger partial charge >= 0.3 is 0 Å². The molecule has 1 aromatic heterocycles. The molecule has 1 aliphatic heterocycles. The van der Waals surface area contributed by atoms with Gasteiger partial charge in [-0.2, -0.15) is 0 Å². The molecule has 1 aromatic rings. The van der Waals surface area contributed by atoms with Gasteiger partial charge in [0.25, 0.3) is 0 Å². The van der Waals surface area contributed by atoms with E-state index in [9.17, 15) is 9.70 Å². The number of aromatic nitrogens is 1. The zero-order valence-electron chi connectivity index (χ0n) is 11.3. The van der Waals surface area contributed by atoms with Crippen molar-refractivity contribution < 1.29 is 4.79 Å². The third-order valence-electron chi connectivity index (χ3n) is 4.51. The number of fused-ring (bicyclic) bond motifs is 1. The average Bonchev–Trinajstić information content (AvgIpc) is 2.93. The first-order valence-electron chi connectivity index (χ1n) is 6.94. The molecule has 0 spiro atoms. The van der Waals surface area contributed by atoms with Gasteiger partial charge in [-0.15, -0.1) is 4.91 Å². The molecule has 106 valence electrons. The van der Waals surface area contributed by atoms with Crippen LogP contribution in [0.5, 0.6) is 0 Å². The molecule has 2 fully saturated rings. The molecule has 0 radical (unpaired) electrons. The van der Waals surface area contributed by atoms with E-state index in [1.165, 1.54) is 25.1 Å². The molecule has 0 unspecified atom stereocenters. The quantitative estimate of drug-likeness (QED) is 0.663. The van der Waals surface area contributed by atoms with Gasteiger partial charge in [0.15, 0.2) is 5.78 Å². The summed E-state index contributed by atoms with van der Waals surface area (Å²) >= 11 is 0. The van der Waals surface area contributed by atoms with E-state index in [0.29, 0.717) is 18.2 Å². The number of hydrogen-bond donors (Lipinski definition) is 1. The zero-order chi connectivity index (χ0) is 14.2. The molecule has 1 saturated carbocycles. The van der Waals surface area contributed by atoms with Gasteiger partial charge in [0.1, 0.15) is 11.4 Å². The Balaban J connectivity index is 1.63. The second-order valence-corrected chi connectivity index (χ2v) is 5.91. The molecule has 2 N–H and O–H groups in total. The molecule has 1 aliphatic carbocycles. The van der Waals surface area contributed by atoms with Crippen molar-refractivity contribution in [3.63, 3.8) is 0 Å². The van der Waals surface area contributed by atoms with E-state index in [1.54, 1.807) is 6.07 Å². The van der Waals surface area contributed by atoms with Crippen molar-refractivity contribution in [2.45, 2.75) is 24.8 Å². The second-order valence-electron chi connectivity index (χ2n) is 5.91. The Bertz CT molecular complexity index is 530. The van der Waals surface area contributed by atoms with Crippen molar-refractivity contribution in [3.8, 4) is 0 Å². The number of pyridine rings is 1. The van der Waals surface area contributed by atoms with Gasteiger partial charge in [0, 0.05) is 18.6 Å². The molecule has 0 aromatic carbocycles. The molecule has 0 bridgehead atoms. The molecule has 1 saturated heterocycles. The minimum Gasteiger partial charge on any atom is -0.324 e. The fourth-order valence-electron chi connectivity index (χ4n) is 3.45. The summed E-state index contributed by atoms with van der Waals surface area (Å²) in [6.07, 6.45) is 4.74. The fraction of sp³-hybridized carbons (Fsp3) is 0.571. The zero-order valence-corrected chi connectivity index (χ0v) is 11.3. The average molecular weight is 274 g/mol. The van der Waals surface area contributed by atoms with E-state index < -0.39 is 0 Å². The maximum atomic E-state index is 12.2. The number of ketones is 1. The van der Waals surface area contributed by atoms with Crippen LogP contribution in [-0.2, 0) is 0 Å². The summed E-state index contributed by atoms with van der Waals surface area (Å²) in [7, 11) is 0. The van der Waals surface area contributed by atoms with Crippen LogP contribution in [0.2, 0.25) is 0 Å². The third kappa shape index (κ3) is 2.36. The number of nitroso groups, excluding NO2 is 1. The summed E-state index contributed by atoms with van der Waals surface area (Å²) < 4.78 is 0. The van der Waals surface area contributed by atoms with Crippen molar-refractivity contribution in [1.29, 1.82) is 0 Å². The van der Waals surface area contributed by atoms with E-state index in [-0.39, 0.29) is 17.0 Å². The number of nitrogens with zero attached hydrogens (tertiary/aromatic N) is 3. The first-order valence-corrected chi connectivity index (χ1v) is 6.94. The van der Waals surface area contributed by atoms with Crippen LogP contribution in [0, 0.1) is 10.8 Å². The number of carbonyl (C=O) groups excluding carboxylic acids is 1. The van der Waals surface area contributed by atoms with Crippen molar-refractivity contribution in [2.24, 2.45) is 16.8 Å². The second kappa shape index (κ2) is 5.03. The molecular formula is C14H18N4O2. The SMILES string of the molecule is N[C@]12CCC[C@H]1CN(CC(=O)c1ccc(N=O)cn1)C2. The van der Waals surface area contributed by atoms with Gasteiger partial charge in [0.2, 0.25) is 0 Å². The Kier molecular flexibility index (Phi) is 3.35. The van der Waals surface area contributed by atoms with E-state index >= 15 is 0 Å². The molecule has 2 heterocycles. The summed E-state index contributed by atoms with van der Waals surface area (Å²) in [6.45, 7) is 2.03. The highest BCUT2D eigenvalue weighted by molar-refractivity contribution is 5.96. The van der Waals surface area contributed by atoms with Crippen molar-refractivity contribution >= 4 is 11.5 Å². The van der Waals surface area contributed by atoms with Gasteiger partial charge in [-0.05, 0) is 36.1 Å². The number of nitrogens with two attached hydrogens (primary N) is 1. The molecule has 3 rings (SSSR count). The Morgan fingerprint density at radius 1 is 1.55 bits per heavy atom. The van der Waals surface area contributed by atoms with Crippen LogP contribution in [0.1, 0.15) is 29.8 Å². The topological polar surface area (TPSA) is 88.6 Å². The van der Waals surface area contributed by atoms with Crippen molar-refractivity contribution in [1.82, 2.24) is 9.88 Å². The number of hydrogen-bond acceptors (Lipinski definition) is 6. The molecule has 6 heteroatoms. The normalized spacial score (nSPS) is 29.4. The Hall–Kier alpha value is -1.66. The first kappa shape index (κ1) is 13.3. The predicted molar refractivity (Wildman–Crippen MR) is 74.7 cm³/mol. The van der Waals surface area contributed by atoms with E-state index in [0.717, 1.165) is 19.5 Å². The van der Waals surface area contributed by atoms with Crippen molar-refractivity contribution in [3.05, 3.63) is 28.9 Å². The summed E-state index contributed by atoms with van der Waals surface area (Å²) in [5.74, 6) is 0.482. The monoisotopic (exact) mass is 274 g/mol.